The summed E-state index contributed by atoms with van der Waals surface area (Å²) in [7, 11) is 0. The molecule has 0 bridgehead atoms. The van der Waals surface area contributed by atoms with Gasteiger partial charge in [0.1, 0.15) is 6.61 Å². The van der Waals surface area contributed by atoms with Gasteiger partial charge < -0.3 is 16.2 Å². The first kappa shape index (κ1) is 8.74. The van der Waals surface area contributed by atoms with Crippen LogP contribution in [0.4, 0.5) is 4.79 Å². The van der Waals surface area contributed by atoms with Crippen LogP contribution in [0.3, 0.4) is 0 Å². The van der Waals surface area contributed by atoms with Gasteiger partial charge in [-0.05, 0) is 6.92 Å². The van der Waals surface area contributed by atoms with Crippen molar-refractivity contribution in [2.45, 2.75) is 6.92 Å². The van der Waals surface area contributed by atoms with Gasteiger partial charge in [-0.15, -0.1) is 0 Å². The van der Waals surface area contributed by atoms with Gasteiger partial charge in [0.2, 0.25) is 0 Å². The van der Waals surface area contributed by atoms with Crippen LogP contribution >= 0.6 is 0 Å². The van der Waals surface area contributed by atoms with Gasteiger partial charge in [-0.3, -0.25) is 4.99 Å². The van der Waals surface area contributed by atoms with Crippen LogP contribution in [-0.2, 0) is 4.74 Å². The number of ether oxygens (including phenoxy) is 1. The second kappa shape index (κ2) is 4.60. The lowest BCUT2D eigenvalue weighted by Crippen LogP contribution is -2.16. The summed E-state index contributed by atoms with van der Waals surface area (Å²) >= 11 is 0. The molecule has 0 radical (unpaired) electrons. The Kier molecular flexibility index (Phi) is 4.02. The minimum absolute atomic E-state index is 0.184. The molecule has 0 aliphatic carbocycles. The molecule has 10 heavy (non-hydrogen) atoms. The maximum Gasteiger partial charge on any atom is 0.404 e. The Morgan fingerprint density at radius 3 is 2.60 bits per heavy atom. The van der Waals surface area contributed by atoms with Crippen LogP contribution < -0.4 is 11.5 Å². The zero-order valence-corrected chi connectivity index (χ0v) is 5.83. The Balaban J connectivity index is 3.21. The summed E-state index contributed by atoms with van der Waals surface area (Å²) in [5.41, 5.74) is 9.86. The lowest BCUT2D eigenvalue weighted by molar-refractivity contribution is 0.160. The van der Waals surface area contributed by atoms with Crippen molar-refractivity contribution in [2.75, 3.05) is 13.2 Å². The average molecular weight is 145 g/mol. The van der Waals surface area contributed by atoms with Gasteiger partial charge in [0.15, 0.2) is 0 Å². The molecule has 0 aromatic rings. The van der Waals surface area contributed by atoms with Crippen LogP contribution in [0.15, 0.2) is 4.99 Å². The highest BCUT2D eigenvalue weighted by atomic mass is 16.5. The molecule has 0 aliphatic rings. The Labute approximate surface area is 59.0 Å². The van der Waals surface area contributed by atoms with Gasteiger partial charge in [0.25, 0.3) is 0 Å². The molecule has 0 aromatic heterocycles. The summed E-state index contributed by atoms with van der Waals surface area (Å²) < 4.78 is 4.37. The number of nitrogens with zero attached hydrogens (tertiary/aromatic N) is 1. The molecule has 1 amide bonds. The quantitative estimate of drug-likeness (QED) is 0.317. The number of nitrogens with two attached hydrogens (primary N) is 2. The van der Waals surface area contributed by atoms with Crippen LogP contribution in [0.25, 0.3) is 0 Å². The van der Waals surface area contributed by atoms with E-state index in [1.165, 1.54) is 0 Å². The number of aliphatic imine (C=N–C) groups is 1. The number of carbonyl (C=O) groups excluding carboxylic acids is 1. The van der Waals surface area contributed by atoms with Crippen LogP contribution in [0.1, 0.15) is 6.92 Å². The third-order valence-corrected chi connectivity index (χ3v) is 0.697. The van der Waals surface area contributed by atoms with Crippen molar-refractivity contribution >= 4 is 11.9 Å². The molecule has 5 nitrogen and oxygen atoms in total. The predicted molar refractivity (Wildman–Crippen MR) is 37.7 cm³/mol. The van der Waals surface area contributed by atoms with Crippen molar-refractivity contribution < 1.29 is 9.53 Å². The molecule has 0 aliphatic heterocycles. The Morgan fingerprint density at radius 2 is 2.20 bits per heavy atom. The van der Waals surface area contributed by atoms with Gasteiger partial charge in [-0.1, -0.05) is 0 Å². The number of carbonyl (C=O) groups is 1. The lowest BCUT2D eigenvalue weighted by Gasteiger charge is -1.96. The average Bonchev–Trinajstić information content (AvgIpc) is 1.79. The monoisotopic (exact) mass is 145 g/mol. The van der Waals surface area contributed by atoms with Crippen molar-refractivity contribution in [3.63, 3.8) is 0 Å². The van der Waals surface area contributed by atoms with Crippen molar-refractivity contribution in [3.05, 3.63) is 0 Å². The van der Waals surface area contributed by atoms with Crippen molar-refractivity contribution in [1.29, 1.82) is 0 Å². The molecule has 5 heteroatoms. The molecule has 0 heterocycles. The summed E-state index contributed by atoms with van der Waals surface area (Å²) in [4.78, 5) is 13.7. The van der Waals surface area contributed by atoms with E-state index < -0.39 is 6.09 Å². The number of amidine groups is 1. The first-order valence-corrected chi connectivity index (χ1v) is 2.81. The second-order valence-corrected chi connectivity index (χ2v) is 1.69. The molecule has 0 unspecified atom stereocenters. The molecule has 0 atom stereocenters. The highest BCUT2D eigenvalue weighted by Gasteiger charge is 1.89. The fourth-order valence-electron chi connectivity index (χ4n) is 0.368. The van der Waals surface area contributed by atoms with E-state index in [1.807, 2.05) is 0 Å². The zero-order valence-electron chi connectivity index (χ0n) is 5.83. The van der Waals surface area contributed by atoms with E-state index in [-0.39, 0.29) is 6.61 Å². The molecule has 58 valence electrons. The van der Waals surface area contributed by atoms with Gasteiger partial charge >= 0.3 is 6.09 Å². The van der Waals surface area contributed by atoms with Gasteiger partial charge in [-0.2, -0.15) is 0 Å². The van der Waals surface area contributed by atoms with E-state index in [4.69, 9.17) is 5.73 Å². The first-order valence-electron chi connectivity index (χ1n) is 2.81. The minimum Gasteiger partial charge on any atom is -0.448 e. The standard InChI is InChI=1S/C5H11N3O2/c1-4(6)8-2-3-10-5(7)9/h2-3H2,1H3,(H2,6,8)(H2,7,9). The van der Waals surface area contributed by atoms with Crippen molar-refractivity contribution in [3.8, 4) is 0 Å². The van der Waals surface area contributed by atoms with Crippen molar-refractivity contribution in [2.24, 2.45) is 16.5 Å². The Hall–Kier alpha value is -1.26. The molecule has 4 N–H and O–H groups in total. The topological polar surface area (TPSA) is 90.7 Å². The maximum atomic E-state index is 9.96. The van der Waals surface area contributed by atoms with E-state index >= 15 is 0 Å². The molecule has 0 saturated heterocycles. The van der Waals surface area contributed by atoms with Crippen LogP contribution in [0.2, 0.25) is 0 Å². The summed E-state index contributed by atoms with van der Waals surface area (Å²) in [5.74, 6) is 0.466. The molecule has 0 saturated carbocycles. The highest BCUT2D eigenvalue weighted by Crippen LogP contribution is 1.75. The number of primary amides is 1. The molecule has 0 spiro atoms. The molecule has 0 rings (SSSR count). The van der Waals surface area contributed by atoms with Crippen LogP contribution in [0, 0.1) is 0 Å². The third-order valence-electron chi connectivity index (χ3n) is 0.697. The summed E-state index contributed by atoms with van der Waals surface area (Å²) in [6.07, 6.45) is -0.787. The maximum absolute atomic E-state index is 9.96. The van der Waals surface area contributed by atoms with E-state index in [0.29, 0.717) is 12.4 Å². The normalized spacial score (nSPS) is 11.1. The third kappa shape index (κ3) is 6.74. The molecule has 0 aromatic carbocycles. The zero-order chi connectivity index (χ0) is 7.98. The number of hydrogen-bond donors (Lipinski definition) is 2. The minimum atomic E-state index is -0.787. The molecular weight excluding hydrogens is 134 g/mol. The summed E-state index contributed by atoms with van der Waals surface area (Å²) in [6.45, 7) is 2.21. The second-order valence-electron chi connectivity index (χ2n) is 1.69. The van der Waals surface area contributed by atoms with E-state index in [1.54, 1.807) is 6.92 Å². The van der Waals surface area contributed by atoms with E-state index in [0.717, 1.165) is 0 Å². The van der Waals surface area contributed by atoms with E-state index in [2.05, 4.69) is 15.5 Å². The fraction of sp³-hybridized carbons (Fsp3) is 0.600. The Bertz CT molecular complexity index is 140. The number of amides is 1. The van der Waals surface area contributed by atoms with Gasteiger partial charge in [-0.25, -0.2) is 4.79 Å². The summed E-state index contributed by atoms with van der Waals surface area (Å²) in [6, 6.07) is 0. The van der Waals surface area contributed by atoms with Crippen LogP contribution in [0.5, 0.6) is 0 Å². The summed E-state index contributed by atoms with van der Waals surface area (Å²) in [5, 5.41) is 0. The largest absolute Gasteiger partial charge is 0.448 e. The van der Waals surface area contributed by atoms with Crippen molar-refractivity contribution in [1.82, 2.24) is 0 Å². The SMILES string of the molecule is CC(N)=NCCOC(N)=O. The Morgan fingerprint density at radius 1 is 1.60 bits per heavy atom. The number of hydrogen-bond acceptors (Lipinski definition) is 3. The van der Waals surface area contributed by atoms with Gasteiger partial charge in [0.05, 0.1) is 12.4 Å². The van der Waals surface area contributed by atoms with E-state index in [9.17, 15) is 4.79 Å². The smallest absolute Gasteiger partial charge is 0.404 e. The predicted octanol–water partition coefficient (Wildman–Crippen LogP) is -0.541. The van der Waals surface area contributed by atoms with Gasteiger partial charge in [0, 0.05) is 0 Å². The molecular formula is C5H11N3O2. The highest BCUT2D eigenvalue weighted by molar-refractivity contribution is 5.77. The first-order chi connectivity index (χ1) is 4.63. The number of rotatable bonds is 3. The molecule has 0 fully saturated rings. The lowest BCUT2D eigenvalue weighted by atomic mass is 10.6. The van der Waals surface area contributed by atoms with Crippen LogP contribution in [-0.4, -0.2) is 25.1 Å². The fourth-order valence-corrected chi connectivity index (χ4v) is 0.368.